The molecule has 112 valence electrons. The second kappa shape index (κ2) is 5.81. The van der Waals surface area contributed by atoms with Crippen LogP contribution < -0.4 is 19.6 Å². The zero-order valence-corrected chi connectivity index (χ0v) is 12.2. The molecule has 0 saturated carbocycles. The summed E-state index contributed by atoms with van der Waals surface area (Å²) in [7, 11) is 3.01. The van der Waals surface area contributed by atoms with E-state index >= 15 is 0 Å². The van der Waals surface area contributed by atoms with Crippen LogP contribution in [0.15, 0.2) is 57.9 Å². The summed E-state index contributed by atoms with van der Waals surface area (Å²) in [6.45, 7) is 0. The van der Waals surface area contributed by atoms with Crippen molar-refractivity contribution in [1.29, 1.82) is 0 Å². The van der Waals surface area contributed by atoms with Crippen LogP contribution in [-0.4, -0.2) is 14.2 Å². The molecule has 0 radical (unpaired) electrons. The summed E-state index contributed by atoms with van der Waals surface area (Å²) < 4.78 is 21.6. The molecule has 0 spiro atoms. The van der Waals surface area contributed by atoms with Crippen molar-refractivity contribution in [2.75, 3.05) is 14.2 Å². The number of benzene rings is 2. The van der Waals surface area contributed by atoms with E-state index in [4.69, 9.17) is 18.6 Å². The van der Waals surface area contributed by atoms with Gasteiger partial charge in [0.05, 0.1) is 19.6 Å². The van der Waals surface area contributed by atoms with Gasteiger partial charge >= 0.3 is 0 Å². The zero-order chi connectivity index (χ0) is 15.5. The van der Waals surface area contributed by atoms with Gasteiger partial charge in [0.15, 0.2) is 11.3 Å². The van der Waals surface area contributed by atoms with Crippen LogP contribution in [0.4, 0.5) is 0 Å². The summed E-state index contributed by atoms with van der Waals surface area (Å²) >= 11 is 0. The minimum atomic E-state index is -0.272. The molecule has 0 fully saturated rings. The topological polar surface area (TPSA) is 57.9 Å². The van der Waals surface area contributed by atoms with Crippen molar-refractivity contribution in [3.8, 4) is 23.0 Å². The molecule has 3 aromatic rings. The third kappa shape index (κ3) is 2.37. The molecule has 2 aromatic carbocycles. The number of hydrogen-bond acceptors (Lipinski definition) is 5. The largest absolute Gasteiger partial charge is 0.493 e. The van der Waals surface area contributed by atoms with Crippen molar-refractivity contribution in [1.82, 2.24) is 0 Å². The van der Waals surface area contributed by atoms with Gasteiger partial charge in [0, 0.05) is 0 Å². The Balaban J connectivity index is 2.13. The lowest BCUT2D eigenvalue weighted by molar-refractivity contribution is 0.352. The van der Waals surface area contributed by atoms with E-state index in [9.17, 15) is 4.79 Å². The molecule has 0 saturated heterocycles. The zero-order valence-electron chi connectivity index (χ0n) is 12.2. The van der Waals surface area contributed by atoms with Gasteiger partial charge in [-0.05, 0) is 24.3 Å². The van der Waals surface area contributed by atoms with Gasteiger partial charge in [-0.15, -0.1) is 0 Å². The first-order chi connectivity index (χ1) is 10.7. The van der Waals surface area contributed by atoms with E-state index in [-0.39, 0.29) is 11.2 Å². The van der Waals surface area contributed by atoms with Crippen molar-refractivity contribution in [3.05, 3.63) is 59.0 Å². The molecule has 1 heterocycles. The lowest BCUT2D eigenvalue weighted by Crippen LogP contribution is -2.05. The van der Waals surface area contributed by atoms with Crippen molar-refractivity contribution in [3.63, 3.8) is 0 Å². The monoisotopic (exact) mass is 298 g/mol. The van der Waals surface area contributed by atoms with Gasteiger partial charge in [-0.25, -0.2) is 0 Å². The molecule has 0 N–H and O–H groups in total. The molecule has 0 aliphatic heterocycles. The molecular weight excluding hydrogens is 284 g/mol. The molecule has 0 aliphatic carbocycles. The van der Waals surface area contributed by atoms with Crippen LogP contribution in [0.3, 0.4) is 0 Å². The molecule has 1 aromatic heterocycles. The number of methoxy groups -OCH3 is 2. The first kappa shape index (κ1) is 14.0. The number of fused-ring (bicyclic) bond motifs is 1. The van der Waals surface area contributed by atoms with Crippen LogP contribution in [0.5, 0.6) is 23.0 Å². The predicted octanol–water partition coefficient (Wildman–Crippen LogP) is 3.60. The van der Waals surface area contributed by atoms with Crippen LogP contribution in [-0.2, 0) is 0 Å². The summed E-state index contributed by atoms with van der Waals surface area (Å²) in [5.74, 6) is 1.55. The van der Waals surface area contributed by atoms with E-state index in [1.807, 2.05) is 18.2 Å². The fourth-order valence-electron chi connectivity index (χ4n) is 2.18. The van der Waals surface area contributed by atoms with Crippen molar-refractivity contribution in [2.24, 2.45) is 0 Å². The highest BCUT2D eigenvalue weighted by atomic mass is 16.5. The van der Waals surface area contributed by atoms with Gasteiger partial charge in [-0.1, -0.05) is 18.2 Å². The third-order valence-electron chi connectivity index (χ3n) is 3.22. The average molecular weight is 298 g/mol. The maximum Gasteiger partial charge on any atom is 0.235 e. The van der Waals surface area contributed by atoms with Gasteiger partial charge in [0.1, 0.15) is 12.0 Å². The normalized spacial score (nSPS) is 10.5. The van der Waals surface area contributed by atoms with Gasteiger partial charge in [-0.2, -0.15) is 0 Å². The summed E-state index contributed by atoms with van der Waals surface area (Å²) in [4.78, 5) is 12.5. The van der Waals surface area contributed by atoms with Crippen LogP contribution in [0.1, 0.15) is 0 Å². The summed E-state index contributed by atoms with van der Waals surface area (Å²) in [6, 6.07) is 12.3. The highest BCUT2D eigenvalue weighted by Gasteiger charge is 2.16. The fourth-order valence-corrected chi connectivity index (χ4v) is 2.18. The van der Waals surface area contributed by atoms with Crippen molar-refractivity contribution >= 4 is 11.0 Å². The van der Waals surface area contributed by atoms with Crippen molar-refractivity contribution < 1.29 is 18.6 Å². The molecule has 0 amide bonds. The molecule has 0 bridgehead atoms. The molecule has 22 heavy (non-hydrogen) atoms. The van der Waals surface area contributed by atoms with Crippen LogP contribution >= 0.6 is 0 Å². The molecule has 3 rings (SSSR count). The highest BCUT2D eigenvalue weighted by molar-refractivity contribution is 5.86. The van der Waals surface area contributed by atoms with Crippen LogP contribution in [0.2, 0.25) is 0 Å². The number of ether oxygens (including phenoxy) is 3. The molecule has 0 aliphatic rings. The SMILES string of the molecule is COc1ccc2c(=O)c(Oc3ccccc3)coc2c1OC. The minimum Gasteiger partial charge on any atom is -0.493 e. The van der Waals surface area contributed by atoms with Crippen LogP contribution in [0.25, 0.3) is 11.0 Å². The first-order valence-corrected chi connectivity index (χ1v) is 6.64. The Morgan fingerprint density at radius 2 is 1.68 bits per heavy atom. The third-order valence-corrected chi connectivity index (χ3v) is 3.22. The second-order valence-corrected chi connectivity index (χ2v) is 4.52. The Morgan fingerprint density at radius 3 is 2.36 bits per heavy atom. The van der Waals surface area contributed by atoms with E-state index in [2.05, 4.69) is 0 Å². The van der Waals surface area contributed by atoms with E-state index in [1.165, 1.54) is 20.5 Å². The minimum absolute atomic E-state index is 0.117. The lowest BCUT2D eigenvalue weighted by atomic mass is 10.2. The maximum absolute atomic E-state index is 12.5. The molecule has 0 unspecified atom stereocenters. The standard InChI is InChI=1S/C17H14O5/c1-19-13-9-8-12-15(18)14(10-21-16(12)17(13)20-2)22-11-6-4-3-5-7-11/h3-10H,1-2H3. The number of hydrogen-bond donors (Lipinski definition) is 0. The van der Waals surface area contributed by atoms with E-state index in [0.717, 1.165) is 0 Å². The summed E-state index contributed by atoms with van der Waals surface area (Å²) in [5, 5.41) is 0.367. The Kier molecular flexibility index (Phi) is 3.70. The molecular formula is C17H14O5. The highest BCUT2D eigenvalue weighted by Crippen LogP contribution is 2.35. The second-order valence-electron chi connectivity index (χ2n) is 4.52. The molecule has 5 heteroatoms. The number of rotatable bonds is 4. The van der Waals surface area contributed by atoms with E-state index < -0.39 is 0 Å². The Bertz CT molecular complexity index is 852. The van der Waals surface area contributed by atoms with Gasteiger partial charge in [0.2, 0.25) is 16.9 Å². The van der Waals surface area contributed by atoms with E-state index in [0.29, 0.717) is 28.2 Å². The Morgan fingerprint density at radius 1 is 0.909 bits per heavy atom. The average Bonchev–Trinajstić information content (AvgIpc) is 2.57. The summed E-state index contributed by atoms with van der Waals surface area (Å²) in [5.41, 5.74) is 0.0540. The van der Waals surface area contributed by atoms with Gasteiger partial charge in [-0.3, -0.25) is 4.79 Å². The van der Waals surface area contributed by atoms with Gasteiger partial charge in [0.25, 0.3) is 0 Å². The Labute approximate surface area is 126 Å². The lowest BCUT2D eigenvalue weighted by Gasteiger charge is -2.10. The maximum atomic E-state index is 12.5. The molecule has 0 atom stereocenters. The summed E-state index contributed by atoms with van der Waals surface area (Å²) in [6.07, 6.45) is 1.28. The number of para-hydroxylation sites is 1. The smallest absolute Gasteiger partial charge is 0.235 e. The van der Waals surface area contributed by atoms with Gasteiger partial charge < -0.3 is 18.6 Å². The van der Waals surface area contributed by atoms with Crippen LogP contribution in [0, 0.1) is 0 Å². The first-order valence-electron chi connectivity index (χ1n) is 6.64. The quantitative estimate of drug-likeness (QED) is 0.736. The van der Waals surface area contributed by atoms with Crippen molar-refractivity contribution in [2.45, 2.75) is 0 Å². The van der Waals surface area contributed by atoms with E-state index in [1.54, 1.807) is 24.3 Å². The fraction of sp³-hybridized carbons (Fsp3) is 0.118. The Hall–Kier alpha value is -2.95. The predicted molar refractivity (Wildman–Crippen MR) is 82.1 cm³/mol. The molecule has 5 nitrogen and oxygen atoms in total.